The van der Waals surface area contributed by atoms with Gasteiger partial charge in [-0.3, -0.25) is 19.7 Å². The van der Waals surface area contributed by atoms with Crippen LogP contribution in [0.4, 0.5) is 0 Å². The quantitative estimate of drug-likeness (QED) is 0.825. The molecule has 1 aliphatic heterocycles. The van der Waals surface area contributed by atoms with Crippen LogP contribution in [0.25, 0.3) is 0 Å². The van der Waals surface area contributed by atoms with E-state index in [-0.39, 0.29) is 12.5 Å². The van der Waals surface area contributed by atoms with Gasteiger partial charge in [0.15, 0.2) is 0 Å². The highest BCUT2D eigenvalue weighted by Crippen LogP contribution is 2.24. The van der Waals surface area contributed by atoms with Gasteiger partial charge >= 0.3 is 0 Å². The molecule has 2 heterocycles. The zero-order valence-corrected chi connectivity index (χ0v) is 12.0. The van der Waals surface area contributed by atoms with Crippen LogP contribution in [0.5, 0.6) is 0 Å². The number of hydrogen-bond donors (Lipinski definition) is 1. The molecule has 2 rings (SSSR count). The van der Waals surface area contributed by atoms with Crippen molar-refractivity contribution < 1.29 is 14.4 Å². The first-order valence-electron chi connectivity index (χ1n) is 6.18. The van der Waals surface area contributed by atoms with Crippen molar-refractivity contribution in [3.05, 3.63) is 21.4 Å². The lowest BCUT2D eigenvalue weighted by molar-refractivity contribution is -0.138. The van der Waals surface area contributed by atoms with Crippen LogP contribution in [-0.2, 0) is 16.0 Å². The van der Waals surface area contributed by atoms with E-state index in [9.17, 15) is 14.4 Å². The molecule has 6 heteroatoms. The molecule has 0 saturated carbocycles. The van der Waals surface area contributed by atoms with Crippen LogP contribution in [0.15, 0.2) is 6.07 Å². The first-order chi connectivity index (χ1) is 8.93. The number of carbonyl (C=O) groups excluding carboxylic acids is 3. The summed E-state index contributed by atoms with van der Waals surface area (Å²) >= 11 is 1.43. The third kappa shape index (κ3) is 2.53. The number of nitrogens with one attached hydrogen (secondary N) is 1. The minimum absolute atomic E-state index is 0.0653. The number of amides is 3. The second-order valence-corrected chi connectivity index (χ2v) is 5.73. The summed E-state index contributed by atoms with van der Waals surface area (Å²) in [4.78, 5) is 38.4. The molecule has 3 amide bonds. The Bertz CT molecular complexity index is 550. The summed E-state index contributed by atoms with van der Waals surface area (Å²) in [6, 6.07) is 1.22. The predicted octanol–water partition coefficient (Wildman–Crippen LogP) is 1.11. The highest BCUT2D eigenvalue weighted by atomic mass is 32.1. The zero-order valence-electron chi connectivity index (χ0n) is 11.1. The molecule has 1 saturated heterocycles. The van der Waals surface area contributed by atoms with E-state index in [0.29, 0.717) is 4.88 Å². The third-order valence-electron chi connectivity index (χ3n) is 3.24. The Kier molecular flexibility index (Phi) is 3.71. The van der Waals surface area contributed by atoms with Gasteiger partial charge in [0.2, 0.25) is 11.8 Å². The summed E-state index contributed by atoms with van der Waals surface area (Å²) < 4.78 is 0. The monoisotopic (exact) mass is 280 g/mol. The second-order valence-electron chi connectivity index (χ2n) is 4.59. The molecule has 1 aromatic heterocycles. The first kappa shape index (κ1) is 13.7. The summed E-state index contributed by atoms with van der Waals surface area (Å²) in [5.74, 6) is -1.10. The number of hydrogen-bond acceptors (Lipinski definition) is 4. The zero-order chi connectivity index (χ0) is 14.2. The van der Waals surface area contributed by atoms with E-state index in [2.05, 4.69) is 5.32 Å². The van der Waals surface area contributed by atoms with Gasteiger partial charge in [0.05, 0.1) is 4.88 Å². The SMILES string of the molecule is CCc1sc(C(=O)N2CC(=O)NC(=O)C2C)cc1C. The summed E-state index contributed by atoms with van der Waals surface area (Å²) in [6.07, 6.45) is 0.874. The van der Waals surface area contributed by atoms with E-state index in [1.165, 1.54) is 16.2 Å². The molecular formula is C13H16N2O3S. The maximum absolute atomic E-state index is 12.4. The van der Waals surface area contributed by atoms with Crippen LogP contribution in [0.2, 0.25) is 0 Å². The normalized spacial score (nSPS) is 19.5. The average molecular weight is 280 g/mol. The number of carbonyl (C=O) groups is 3. The van der Waals surface area contributed by atoms with Crippen molar-refractivity contribution in [3.63, 3.8) is 0 Å². The first-order valence-corrected chi connectivity index (χ1v) is 6.99. The Morgan fingerprint density at radius 1 is 1.53 bits per heavy atom. The lowest BCUT2D eigenvalue weighted by Gasteiger charge is -2.31. The van der Waals surface area contributed by atoms with Gasteiger partial charge in [0, 0.05) is 4.88 Å². The molecule has 1 N–H and O–H groups in total. The summed E-state index contributed by atoms with van der Waals surface area (Å²) in [6.45, 7) is 5.56. The van der Waals surface area contributed by atoms with Crippen LogP contribution >= 0.6 is 11.3 Å². The van der Waals surface area contributed by atoms with Crippen molar-refractivity contribution >= 4 is 29.1 Å². The van der Waals surface area contributed by atoms with Crippen molar-refractivity contribution in [2.24, 2.45) is 0 Å². The topological polar surface area (TPSA) is 66.5 Å². The molecule has 1 unspecified atom stereocenters. The van der Waals surface area contributed by atoms with Gasteiger partial charge < -0.3 is 4.90 Å². The number of piperazine rings is 1. The van der Waals surface area contributed by atoms with Gasteiger partial charge in [-0.25, -0.2) is 0 Å². The van der Waals surface area contributed by atoms with Gasteiger partial charge in [0.1, 0.15) is 12.6 Å². The number of thiophene rings is 1. The van der Waals surface area contributed by atoms with Gasteiger partial charge in [-0.1, -0.05) is 6.92 Å². The largest absolute Gasteiger partial charge is 0.317 e. The van der Waals surface area contributed by atoms with Crippen LogP contribution < -0.4 is 5.32 Å². The smallest absolute Gasteiger partial charge is 0.265 e. The van der Waals surface area contributed by atoms with E-state index in [0.717, 1.165) is 16.9 Å². The molecular weight excluding hydrogens is 264 g/mol. The van der Waals surface area contributed by atoms with Crippen molar-refractivity contribution in [2.75, 3.05) is 6.54 Å². The fourth-order valence-corrected chi connectivity index (χ4v) is 3.15. The molecule has 0 bridgehead atoms. The molecule has 102 valence electrons. The van der Waals surface area contributed by atoms with Crippen LogP contribution in [-0.4, -0.2) is 35.2 Å². The van der Waals surface area contributed by atoms with Crippen LogP contribution in [0.1, 0.15) is 34.0 Å². The second kappa shape index (κ2) is 5.13. The van der Waals surface area contributed by atoms with Crippen LogP contribution in [0.3, 0.4) is 0 Å². The highest BCUT2D eigenvalue weighted by molar-refractivity contribution is 7.14. The minimum Gasteiger partial charge on any atom is -0.317 e. The van der Waals surface area contributed by atoms with Gasteiger partial charge in [-0.2, -0.15) is 0 Å². The number of nitrogens with zero attached hydrogens (tertiary/aromatic N) is 1. The summed E-state index contributed by atoms with van der Waals surface area (Å²) in [5, 5.41) is 2.22. The fraction of sp³-hybridized carbons (Fsp3) is 0.462. The van der Waals surface area contributed by atoms with E-state index >= 15 is 0 Å². The number of rotatable bonds is 2. The Morgan fingerprint density at radius 3 is 2.79 bits per heavy atom. The fourth-order valence-electron chi connectivity index (χ4n) is 2.08. The molecule has 1 atom stereocenters. The van der Waals surface area contributed by atoms with Gasteiger partial charge in [-0.15, -0.1) is 11.3 Å². The molecule has 1 fully saturated rings. The van der Waals surface area contributed by atoms with Crippen LogP contribution in [0, 0.1) is 6.92 Å². The lowest BCUT2D eigenvalue weighted by atomic mass is 10.2. The molecule has 0 aliphatic carbocycles. The molecule has 0 spiro atoms. The third-order valence-corrected chi connectivity index (χ3v) is 4.61. The molecule has 19 heavy (non-hydrogen) atoms. The van der Waals surface area contributed by atoms with E-state index in [1.807, 2.05) is 19.9 Å². The van der Waals surface area contributed by atoms with E-state index in [4.69, 9.17) is 0 Å². The van der Waals surface area contributed by atoms with E-state index < -0.39 is 17.9 Å². The Labute approximate surface area is 115 Å². The molecule has 0 aromatic carbocycles. The standard InChI is InChI=1S/C13H16N2O3S/c1-4-9-7(2)5-10(19-9)13(18)15-6-11(16)14-12(17)8(15)3/h5,8H,4,6H2,1-3H3,(H,14,16,17). The minimum atomic E-state index is -0.613. The van der Waals surface area contributed by atoms with Crippen molar-refractivity contribution in [1.82, 2.24) is 10.2 Å². The van der Waals surface area contributed by atoms with Crippen molar-refractivity contribution in [3.8, 4) is 0 Å². The van der Waals surface area contributed by atoms with Crippen molar-refractivity contribution in [1.29, 1.82) is 0 Å². The Balaban J connectivity index is 2.27. The van der Waals surface area contributed by atoms with Gasteiger partial charge in [0.25, 0.3) is 5.91 Å². The van der Waals surface area contributed by atoms with E-state index in [1.54, 1.807) is 6.92 Å². The summed E-state index contributed by atoms with van der Waals surface area (Å²) in [7, 11) is 0. The van der Waals surface area contributed by atoms with Crippen molar-refractivity contribution in [2.45, 2.75) is 33.2 Å². The molecule has 1 aromatic rings. The predicted molar refractivity (Wildman–Crippen MR) is 72.1 cm³/mol. The Morgan fingerprint density at radius 2 is 2.21 bits per heavy atom. The lowest BCUT2D eigenvalue weighted by Crippen LogP contribution is -2.58. The maximum Gasteiger partial charge on any atom is 0.265 e. The molecule has 5 nitrogen and oxygen atoms in total. The van der Waals surface area contributed by atoms with Gasteiger partial charge in [-0.05, 0) is 31.9 Å². The average Bonchev–Trinajstić information content (AvgIpc) is 2.74. The number of imide groups is 1. The summed E-state index contributed by atoms with van der Waals surface area (Å²) in [5.41, 5.74) is 1.08. The highest BCUT2D eigenvalue weighted by Gasteiger charge is 2.34. The molecule has 0 radical (unpaired) electrons. The number of aryl methyl sites for hydroxylation is 2. The molecule has 1 aliphatic rings. The Hall–Kier alpha value is -1.69. The maximum atomic E-state index is 12.4.